The van der Waals surface area contributed by atoms with Crippen molar-refractivity contribution in [2.45, 2.75) is 19.3 Å². The molecule has 0 bridgehead atoms. The monoisotopic (exact) mass is 498 g/mol. The lowest BCUT2D eigenvalue weighted by atomic mass is 10.4. The topological polar surface area (TPSA) is 26.3 Å². The van der Waals surface area contributed by atoms with Gasteiger partial charge in [0.2, 0.25) is 0 Å². The summed E-state index contributed by atoms with van der Waals surface area (Å²) >= 11 is 0. The van der Waals surface area contributed by atoms with Crippen LogP contribution < -0.4 is 48.0 Å². The Hall–Kier alpha value is 0.850. The van der Waals surface area contributed by atoms with Crippen LogP contribution in [0.15, 0.2) is 0 Å². The van der Waals surface area contributed by atoms with Crippen LogP contribution in [0.3, 0.4) is 0 Å². The molecule has 0 aromatic heterocycles. The van der Waals surface area contributed by atoms with E-state index in [1.54, 1.807) is 0 Å². The third-order valence-electron chi connectivity index (χ3n) is 3.53. The molecule has 1 heterocycles. The van der Waals surface area contributed by atoms with Crippen molar-refractivity contribution in [1.29, 1.82) is 0 Å². The van der Waals surface area contributed by atoms with Gasteiger partial charge in [0.15, 0.2) is 0 Å². The van der Waals surface area contributed by atoms with Crippen molar-refractivity contribution in [2.24, 2.45) is 0 Å². The van der Waals surface area contributed by atoms with Crippen LogP contribution in [0.2, 0.25) is 0 Å². The van der Waals surface area contributed by atoms with Crippen LogP contribution in [0.4, 0.5) is 0 Å². The molecule has 0 atom stereocenters. The Labute approximate surface area is 152 Å². The van der Waals surface area contributed by atoms with Gasteiger partial charge in [-0.3, -0.25) is 4.79 Å². The number of likely N-dealkylation sites (tertiary alicyclic amines) is 1. The van der Waals surface area contributed by atoms with Gasteiger partial charge in [-0.15, -0.1) is 0 Å². The molecule has 6 heteroatoms. The zero-order valence-electron chi connectivity index (χ0n) is 12.6. The lowest BCUT2D eigenvalue weighted by molar-refractivity contribution is -0.897. The summed E-state index contributed by atoms with van der Waals surface area (Å²) in [5.41, 5.74) is 0. The highest BCUT2D eigenvalue weighted by Gasteiger charge is 2.26. The molecular weight excluding hydrogens is 470 g/mol. The van der Waals surface area contributed by atoms with Crippen molar-refractivity contribution in [1.82, 2.24) is 0 Å². The van der Waals surface area contributed by atoms with Crippen molar-refractivity contribution in [2.75, 3.05) is 61.0 Å². The molecule has 0 amide bonds. The Bertz CT molecular complexity index is 262. The lowest BCUT2D eigenvalue weighted by Gasteiger charge is -2.28. The highest BCUT2D eigenvalue weighted by atomic mass is 127. The summed E-state index contributed by atoms with van der Waals surface area (Å²) in [5, 5.41) is 0. The van der Waals surface area contributed by atoms with Crippen LogP contribution >= 0.6 is 0 Å². The molecule has 0 N–H and O–H groups in total. The number of hydrogen-bond donors (Lipinski definition) is 0. The minimum Gasteiger partial charge on any atom is -1.00 e. The molecule has 0 saturated carbocycles. The number of hydrogen-bond acceptors (Lipinski definition) is 2. The van der Waals surface area contributed by atoms with Crippen LogP contribution in [-0.4, -0.2) is 75.9 Å². The van der Waals surface area contributed by atoms with Crippen LogP contribution in [0.1, 0.15) is 19.3 Å². The van der Waals surface area contributed by atoms with Gasteiger partial charge in [-0.25, -0.2) is 0 Å². The molecule has 1 aliphatic heterocycles. The largest absolute Gasteiger partial charge is 1.00 e. The van der Waals surface area contributed by atoms with Gasteiger partial charge >= 0.3 is 5.97 Å². The predicted octanol–water partition coefficient (Wildman–Crippen LogP) is -5.13. The molecule has 0 radical (unpaired) electrons. The number of carbonyl (C=O) groups is 1. The van der Waals surface area contributed by atoms with E-state index in [1.807, 2.05) is 0 Å². The summed E-state index contributed by atoms with van der Waals surface area (Å²) in [6, 6.07) is 0. The number of nitrogens with zero attached hydrogens (tertiary/aromatic N) is 2. The molecule has 0 aliphatic carbocycles. The Balaban J connectivity index is 0. The fraction of sp³-hybridized carbons (Fsp3) is 0.923. The quantitative estimate of drug-likeness (QED) is 0.208. The number of halogens is 2. The number of carbonyl (C=O) groups excluding carboxylic acids is 1. The number of quaternary nitrogens is 2. The fourth-order valence-corrected chi connectivity index (χ4v) is 2.20. The van der Waals surface area contributed by atoms with Crippen LogP contribution in [0.5, 0.6) is 0 Å². The van der Waals surface area contributed by atoms with E-state index in [4.69, 9.17) is 4.74 Å². The van der Waals surface area contributed by atoms with Crippen molar-refractivity contribution in [3.05, 3.63) is 0 Å². The van der Waals surface area contributed by atoms with Gasteiger partial charge in [-0.05, 0) is 0 Å². The Kier molecular flexibility index (Phi) is 11.3. The second-order valence-corrected chi connectivity index (χ2v) is 6.48. The maximum Gasteiger partial charge on any atom is 0.311 e. The predicted molar refractivity (Wildman–Crippen MR) is 68.5 cm³/mol. The maximum atomic E-state index is 11.5. The van der Waals surface area contributed by atoms with Gasteiger partial charge in [-0.1, -0.05) is 0 Å². The third kappa shape index (κ3) is 10.3. The molecule has 1 rings (SSSR count). The van der Waals surface area contributed by atoms with E-state index in [9.17, 15) is 4.79 Å². The Morgan fingerprint density at radius 1 is 1.16 bits per heavy atom. The van der Waals surface area contributed by atoms with E-state index in [-0.39, 0.29) is 53.9 Å². The van der Waals surface area contributed by atoms with Crippen molar-refractivity contribution in [3.8, 4) is 0 Å². The minimum absolute atomic E-state index is 0. The van der Waals surface area contributed by atoms with E-state index < -0.39 is 0 Å². The van der Waals surface area contributed by atoms with Gasteiger partial charge in [0.1, 0.15) is 13.2 Å². The van der Waals surface area contributed by atoms with Gasteiger partial charge < -0.3 is 61.7 Å². The van der Waals surface area contributed by atoms with Crippen LogP contribution in [-0.2, 0) is 9.53 Å². The van der Waals surface area contributed by atoms with Crippen LogP contribution in [0, 0.1) is 0 Å². The standard InChI is InChI=1S/C13H28N2O2.2HI/c1-14(2,3)10-7-13(16)17-12-11-15(4)8-5-6-9-15;;/h5-12H2,1-4H3;2*1H/q+2;;/p-2. The van der Waals surface area contributed by atoms with Crippen molar-refractivity contribution < 1.29 is 66.5 Å². The number of rotatable bonds is 6. The van der Waals surface area contributed by atoms with E-state index >= 15 is 0 Å². The van der Waals surface area contributed by atoms with E-state index in [2.05, 4.69) is 28.2 Å². The Morgan fingerprint density at radius 2 is 1.68 bits per heavy atom. The summed E-state index contributed by atoms with van der Waals surface area (Å²) < 4.78 is 7.18. The van der Waals surface area contributed by atoms with Crippen LogP contribution in [0.25, 0.3) is 0 Å². The molecule has 0 aromatic rings. The first-order chi connectivity index (χ1) is 7.81. The second-order valence-electron chi connectivity index (χ2n) is 6.48. The molecule has 1 saturated heterocycles. The lowest BCUT2D eigenvalue weighted by Crippen LogP contribution is -3.00. The van der Waals surface area contributed by atoms with E-state index in [1.165, 1.54) is 25.9 Å². The highest BCUT2D eigenvalue weighted by molar-refractivity contribution is 5.69. The summed E-state index contributed by atoms with van der Waals surface area (Å²) in [6.45, 7) is 4.85. The summed E-state index contributed by atoms with van der Waals surface area (Å²) in [4.78, 5) is 11.5. The first-order valence-electron chi connectivity index (χ1n) is 6.60. The number of likely N-dealkylation sites (N-methyl/N-ethyl adjacent to an activating group) is 1. The average molecular weight is 498 g/mol. The van der Waals surface area contributed by atoms with Gasteiger partial charge in [-0.2, -0.15) is 0 Å². The SMILES string of the molecule is C[N+](C)(C)CCC(=O)OCC[N+]1(C)CCCC1.[I-].[I-]. The van der Waals surface area contributed by atoms with Crippen molar-refractivity contribution in [3.63, 3.8) is 0 Å². The van der Waals surface area contributed by atoms with E-state index in [0.717, 1.165) is 22.1 Å². The summed E-state index contributed by atoms with van der Waals surface area (Å²) in [7, 11) is 8.52. The van der Waals surface area contributed by atoms with Gasteiger partial charge in [0.05, 0.1) is 54.2 Å². The summed E-state index contributed by atoms with van der Waals surface area (Å²) in [5.74, 6) is -0.0520. The third-order valence-corrected chi connectivity index (χ3v) is 3.53. The molecule has 19 heavy (non-hydrogen) atoms. The first-order valence-corrected chi connectivity index (χ1v) is 6.60. The molecule has 1 fully saturated rings. The van der Waals surface area contributed by atoms with Gasteiger partial charge in [0, 0.05) is 12.8 Å². The molecule has 0 spiro atoms. The fourth-order valence-electron chi connectivity index (χ4n) is 2.20. The first kappa shape index (κ1) is 22.1. The molecular formula is C13H28I2N2O2. The molecule has 0 aromatic carbocycles. The normalized spacial score (nSPS) is 17.3. The van der Waals surface area contributed by atoms with E-state index in [0.29, 0.717) is 13.0 Å². The molecule has 1 aliphatic rings. The number of ether oxygens (including phenoxy) is 1. The number of esters is 1. The zero-order chi connectivity index (χ0) is 12.9. The average Bonchev–Trinajstić information content (AvgIpc) is 2.61. The Morgan fingerprint density at radius 3 is 2.16 bits per heavy atom. The molecule has 116 valence electrons. The highest BCUT2D eigenvalue weighted by Crippen LogP contribution is 2.15. The molecule has 4 nitrogen and oxygen atoms in total. The summed E-state index contributed by atoms with van der Waals surface area (Å²) in [6.07, 6.45) is 3.14. The van der Waals surface area contributed by atoms with Crippen molar-refractivity contribution >= 4 is 5.97 Å². The smallest absolute Gasteiger partial charge is 0.311 e. The minimum atomic E-state index is -0.0520. The second kappa shape index (κ2) is 9.73. The zero-order valence-corrected chi connectivity index (χ0v) is 16.9. The molecule has 0 unspecified atom stereocenters. The van der Waals surface area contributed by atoms with Gasteiger partial charge in [0.25, 0.3) is 0 Å². The maximum absolute atomic E-state index is 11.5.